The first-order chi connectivity index (χ1) is 9.48. The zero-order valence-corrected chi connectivity index (χ0v) is 13.6. The van der Waals surface area contributed by atoms with Gasteiger partial charge in [-0.2, -0.15) is 4.39 Å². The van der Waals surface area contributed by atoms with Gasteiger partial charge in [0, 0.05) is 22.4 Å². The van der Waals surface area contributed by atoms with Crippen molar-refractivity contribution in [3.8, 4) is 5.75 Å². The van der Waals surface area contributed by atoms with E-state index in [2.05, 4.69) is 35.1 Å². The van der Waals surface area contributed by atoms with Crippen molar-refractivity contribution in [2.75, 3.05) is 7.05 Å². The summed E-state index contributed by atoms with van der Waals surface area (Å²) in [5, 5.41) is 3.29. The molecule has 5 heteroatoms. The van der Waals surface area contributed by atoms with Crippen LogP contribution in [0, 0.1) is 17.0 Å². The molecule has 112 valence electrons. The average Bonchev–Trinajstić information content (AvgIpc) is 2.41. The molecule has 1 saturated carbocycles. The van der Waals surface area contributed by atoms with Crippen molar-refractivity contribution in [3.05, 3.63) is 28.2 Å². The van der Waals surface area contributed by atoms with Gasteiger partial charge in [0.15, 0.2) is 11.6 Å². The van der Waals surface area contributed by atoms with E-state index in [0.29, 0.717) is 10.5 Å². The van der Waals surface area contributed by atoms with Crippen LogP contribution in [-0.4, -0.2) is 19.2 Å². The van der Waals surface area contributed by atoms with E-state index in [1.807, 2.05) is 7.05 Å². The van der Waals surface area contributed by atoms with Gasteiger partial charge in [0.05, 0.1) is 0 Å². The summed E-state index contributed by atoms with van der Waals surface area (Å²) >= 11 is 3.17. The van der Waals surface area contributed by atoms with Gasteiger partial charge in [-0.05, 0) is 32.0 Å². The van der Waals surface area contributed by atoms with Crippen molar-refractivity contribution < 1.29 is 13.5 Å². The third-order valence-electron chi connectivity index (χ3n) is 4.68. The molecule has 0 saturated heterocycles. The zero-order chi connectivity index (χ0) is 14.9. The largest absolute Gasteiger partial charge is 0.486 e. The average molecular weight is 348 g/mol. The van der Waals surface area contributed by atoms with Gasteiger partial charge in [-0.3, -0.25) is 0 Å². The Balaban J connectivity index is 2.23. The van der Waals surface area contributed by atoms with Gasteiger partial charge in [0.25, 0.3) is 0 Å². The molecule has 2 atom stereocenters. The summed E-state index contributed by atoms with van der Waals surface area (Å²) in [7, 11) is 1.93. The molecule has 2 unspecified atom stereocenters. The van der Waals surface area contributed by atoms with Crippen LogP contribution in [0.15, 0.2) is 16.6 Å². The summed E-state index contributed by atoms with van der Waals surface area (Å²) < 4.78 is 33.5. The molecule has 0 bridgehead atoms. The maximum absolute atomic E-state index is 13.8. The molecule has 0 amide bonds. The zero-order valence-electron chi connectivity index (χ0n) is 12.0. The molecule has 2 rings (SSSR count). The smallest absolute Gasteiger partial charge is 0.200 e. The highest BCUT2D eigenvalue weighted by Gasteiger charge is 2.53. The molecule has 0 aliphatic heterocycles. The first kappa shape index (κ1) is 15.7. The van der Waals surface area contributed by atoms with Crippen molar-refractivity contribution in [3.63, 3.8) is 0 Å². The van der Waals surface area contributed by atoms with Gasteiger partial charge < -0.3 is 10.1 Å². The molecular formula is C15H20BrF2NO. The first-order valence-corrected chi connectivity index (χ1v) is 7.76. The topological polar surface area (TPSA) is 21.3 Å². The van der Waals surface area contributed by atoms with Crippen LogP contribution in [0.1, 0.15) is 33.1 Å². The normalized spacial score (nSPS) is 24.3. The molecule has 0 aromatic heterocycles. The fourth-order valence-corrected chi connectivity index (χ4v) is 3.70. The highest BCUT2D eigenvalue weighted by molar-refractivity contribution is 9.10. The minimum Gasteiger partial charge on any atom is -0.486 e. The lowest BCUT2D eigenvalue weighted by Gasteiger charge is -2.55. The summed E-state index contributed by atoms with van der Waals surface area (Å²) in [5.74, 6) is -1.82. The highest BCUT2D eigenvalue weighted by Crippen LogP contribution is 2.49. The summed E-state index contributed by atoms with van der Waals surface area (Å²) in [6.07, 6.45) is 2.61. The lowest BCUT2D eigenvalue weighted by atomic mass is 9.58. The molecule has 20 heavy (non-hydrogen) atoms. The first-order valence-electron chi connectivity index (χ1n) is 6.97. The van der Waals surface area contributed by atoms with Crippen LogP contribution in [0.2, 0.25) is 0 Å². The minimum atomic E-state index is -0.915. The maximum atomic E-state index is 13.8. The fraction of sp³-hybridized carbons (Fsp3) is 0.600. The number of benzene rings is 1. The summed E-state index contributed by atoms with van der Waals surface area (Å²) in [6, 6.07) is 2.95. The highest BCUT2D eigenvalue weighted by atomic mass is 79.9. The van der Waals surface area contributed by atoms with Crippen molar-refractivity contribution in [2.24, 2.45) is 5.41 Å². The molecule has 0 radical (unpaired) electrons. The maximum Gasteiger partial charge on any atom is 0.200 e. The number of rotatable bonds is 5. The lowest BCUT2D eigenvalue weighted by molar-refractivity contribution is -0.0852. The number of hydrogen-bond acceptors (Lipinski definition) is 2. The monoisotopic (exact) mass is 347 g/mol. The Labute approximate surface area is 127 Å². The predicted octanol–water partition coefficient (Wildman–Crippen LogP) is 4.27. The van der Waals surface area contributed by atoms with Gasteiger partial charge >= 0.3 is 0 Å². The Morgan fingerprint density at radius 2 is 2.00 bits per heavy atom. The van der Waals surface area contributed by atoms with E-state index < -0.39 is 11.6 Å². The summed E-state index contributed by atoms with van der Waals surface area (Å²) in [5.41, 5.74) is -0.0139. The second-order valence-corrected chi connectivity index (χ2v) is 6.24. The standard InChI is InChI=1S/C15H20BrF2NO/c1-4-15(5-2)12(19-3)8-13(15)20-11-7-9(16)6-10(17)14(11)18/h6-7,12-13,19H,4-5,8H2,1-3H3. The van der Waals surface area contributed by atoms with Gasteiger partial charge in [-0.15, -0.1) is 0 Å². The van der Waals surface area contributed by atoms with E-state index in [9.17, 15) is 8.78 Å². The van der Waals surface area contributed by atoms with Crippen molar-refractivity contribution >= 4 is 15.9 Å². The summed E-state index contributed by atoms with van der Waals surface area (Å²) in [6.45, 7) is 4.22. The van der Waals surface area contributed by atoms with E-state index in [0.717, 1.165) is 25.3 Å². The van der Waals surface area contributed by atoms with Crippen molar-refractivity contribution in [1.82, 2.24) is 5.32 Å². The molecule has 0 spiro atoms. The Hall–Kier alpha value is -0.680. The Kier molecular flexibility index (Phi) is 4.69. The SMILES string of the molecule is CCC1(CC)C(NC)CC1Oc1cc(Br)cc(F)c1F. The number of nitrogens with one attached hydrogen (secondary N) is 1. The molecule has 1 aromatic carbocycles. The molecule has 1 aromatic rings. The van der Waals surface area contributed by atoms with Crippen LogP contribution >= 0.6 is 15.9 Å². The van der Waals surface area contributed by atoms with E-state index >= 15 is 0 Å². The van der Waals surface area contributed by atoms with Gasteiger partial charge in [0.2, 0.25) is 5.82 Å². The molecule has 1 aliphatic rings. The lowest BCUT2D eigenvalue weighted by Crippen LogP contribution is -2.63. The summed E-state index contributed by atoms with van der Waals surface area (Å²) in [4.78, 5) is 0. The quantitative estimate of drug-likeness (QED) is 0.803. The van der Waals surface area contributed by atoms with E-state index in [-0.39, 0.29) is 17.3 Å². The third kappa shape index (κ3) is 2.46. The van der Waals surface area contributed by atoms with E-state index in [4.69, 9.17) is 4.74 Å². The molecule has 2 nitrogen and oxygen atoms in total. The van der Waals surface area contributed by atoms with Crippen LogP contribution in [-0.2, 0) is 0 Å². The molecule has 1 fully saturated rings. The van der Waals surface area contributed by atoms with Crippen LogP contribution in [0.5, 0.6) is 5.75 Å². The van der Waals surface area contributed by atoms with Crippen molar-refractivity contribution in [1.29, 1.82) is 0 Å². The Bertz CT molecular complexity index is 491. The van der Waals surface area contributed by atoms with Gasteiger partial charge in [-0.25, -0.2) is 4.39 Å². The third-order valence-corrected chi connectivity index (χ3v) is 5.14. The van der Waals surface area contributed by atoms with Crippen LogP contribution in [0.25, 0.3) is 0 Å². The second-order valence-electron chi connectivity index (χ2n) is 5.32. The number of halogens is 3. The predicted molar refractivity (Wildman–Crippen MR) is 79.0 cm³/mol. The molecule has 1 N–H and O–H groups in total. The molecule has 1 aliphatic carbocycles. The minimum absolute atomic E-state index is 0.0114. The van der Waals surface area contributed by atoms with E-state index in [1.165, 1.54) is 6.07 Å². The van der Waals surface area contributed by atoms with Gasteiger partial charge in [-0.1, -0.05) is 29.8 Å². The number of ether oxygens (including phenoxy) is 1. The Morgan fingerprint density at radius 3 is 2.55 bits per heavy atom. The Morgan fingerprint density at radius 1 is 1.35 bits per heavy atom. The van der Waals surface area contributed by atoms with E-state index in [1.54, 1.807) is 0 Å². The fourth-order valence-electron chi connectivity index (χ4n) is 3.29. The molecule has 0 heterocycles. The van der Waals surface area contributed by atoms with Crippen LogP contribution < -0.4 is 10.1 Å². The van der Waals surface area contributed by atoms with Crippen molar-refractivity contribution in [2.45, 2.75) is 45.3 Å². The molecular weight excluding hydrogens is 328 g/mol. The van der Waals surface area contributed by atoms with Crippen LogP contribution in [0.4, 0.5) is 8.78 Å². The van der Waals surface area contributed by atoms with Crippen LogP contribution in [0.3, 0.4) is 0 Å². The number of hydrogen-bond donors (Lipinski definition) is 1. The van der Waals surface area contributed by atoms with Gasteiger partial charge in [0.1, 0.15) is 6.10 Å². The second kappa shape index (κ2) is 5.98.